The summed E-state index contributed by atoms with van der Waals surface area (Å²) in [7, 11) is 0. The molecule has 0 aliphatic heterocycles. The van der Waals surface area contributed by atoms with Crippen LogP contribution >= 0.6 is 0 Å². The number of aromatic amines is 1. The van der Waals surface area contributed by atoms with Crippen LogP contribution in [0.4, 0.5) is 8.78 Å². The van der Waals surface area contributed by atoms with E-state index < -0.39 is 12.5 Å². The Morgan fingerprint density at radius 3 is 2.02 bits per heavy atom. The number of ether oxygens (including phenoxy) is 3. The van der Waals surface area contributed by atoms with Crippen LogP contribution in [0.5, 0.6) is 5.75 Å². The molecule has 1 heterocycles. The first-order valence-corrected chi connectivity index (χ1v) is 21.0. The lowest BCUT2D eigenvalue weighted by atomic mass is 9.67. The molecule has 8 heteroatoms. The number of aromatic nitrogens is 1. The van der Waals surface area contributed by atoms with Gasteiger partial charge in [-0.3, -0.25) is 4.79 Å². The van der Waals surface area contributed by atoms with Crippen LogP contribution in [0.1, 0.15) is 134 Å². The molecule has 0 saturated heterocycles. The normalized spacial score (nSPS) is 13.0. The van der Waals surface area contributed by atoms with E-state index in [2.05, 4.69) is 51.0 Å². The first-order valence-electron chi connectivity index (χ1n) is 21.0. The van der Waals surface area contributed by atoms with Gasteiger partial charge >= 0.3 is 0 Å². The Kier molecular flexibility index (Phi) is 18.5. The third-order valence-electron chi connectivity index (χ3n) is 11.5. The van der Waals surface area contributed by atoms with Crippen molar-refractivity contribution in [1.82, 2.24) is 10.3 Å². The van der Waals surface area contributed by atoms with Gasteiger partial charge in [0.05, 0.1) is 11.6 Å². The van der Waals surface area contributed by atoms with Crippen molar-refractivity contribution in [3.63, 3.8) is 0 Å². The Labute approximate surface area is 335 Å². The second-order valence-corrected chi connectivity index (χ2v) is 17.0. The predicted octanol–water partition coefficient (Wildman–Crippen LogP) is 12.3. The highest BCUT2D eigenvalue weighted by Gasteiger charge is 2.32. The molecule has 0 saturated carbocycles. The highest BCUT2D eigenvalue weighted by Crippen LogP contribution is 2.42. The van der Waals surface area contributed by atoms with Crippen molar-refractivity contribution in [1.29, 1.82) is 0 Å². The van der Waals surface area contributed by atoms with Crippen molar-refractivity contribution >= 4 is 10.9 Å². The van der Waals surface area contributed by atoms with E-state index in [9.17, 15) is 13.6 Å². The Bertz CT molecular complexity index is 1740. The fourth-order valence-corrected chi connectivity index (χ4v) is 6.80. The SMILES string of the molecule is CC(C)(C)C(C)(C)CCCCCCCCCO[C@@H](CNCCCCCCOCC(F)(F)c1ccccc1)c1ccc(OCc2ccccc2)c2[nH]c(=O)ccc12. The predicted molar refractivity (Wildman–Crippen MR) is 227 cm³/mol. The Balaban J connectivity index is 1.25. The largest absolute Gasteiger partial charge is 0.487 e. The molecule has 1 atom stereocenters. The van der Waals surface area contributed by atoms with Crippen LogP contribution in [0.3, 0.4) is 0 Å². The van der Waals surface area contributed by atoms with E-state index in [-0.39, 0.29) is 17.2 Å². The highest BCUT2D eigenvalue weighted by atomic mass is 19.3. The van der Waals surface area contributed by atoms with Gasteiger partial charge in [0, 0.05) is 36.8 Å². The minimum Gasteiger partial charge on any atom is -0.487 e. The number of alkyl halides is 2. The zero-order valence-corrected chi connectivity index (χ0v) is 34.8. The standard InChI is InChI=1S/C48H68F2N2O4/c1-46(2,3)47(4,5)31-19-9-7-6-8-11-22-34-55-43(35-51-32-20-10-12-21-33-54-37-48(49,50)39-25-17-14-18-26-39)40-27-29-42(45-41(40)28-30-44(53)52-45)56-36-38-23-15-13-16-24-38/h13-18,23-30,43,51H,6-12,19-22,31-37H2,1-5H3,(H,52,53)/t43-/m0/s1. The average molecular weight is 775 g/mol. The molecule has 0 bridgehead atoms. The smallest absolute Gasteiger partial charge is 0.296 e. The zero-order chi connectivity index (χ0) is 40.3. The molecule has 2 N–H and O–H groups in total. The van der Waals surface area contributed by atoms with E-state index in [1.54, 1.807) is 24.3 Å². The molecule has 56 heavy (non-hydrogen) atoms. The number of H-pyrrole nitrogens is 1. The second-order valence-electron chi connectivity index (χ2n) is 17.0. The maximum absolute atomic E-state index is 14.4. The number of halogens is 2. The minimum absolute atomic E-state index is 0.0147. The van der Waals surface area contributed by atoms with Crippen LogP contribution < -0.4 is 15.6 Å². The van der Waals surface area contributed by atoms with Gasteiger partial charge in [-0.25, -0.2) is 0 Å². The van der Waals surface area contributed by atoms with Crippen molar-refractivity contribution in [3.05, 3.63) is 112 Å². The number of fused-ring (bicyclic) bond motifs is 1. The van der Waals surface area contributed by atoms with Gasteiger partial charge in [0.15, 0.2) is 0 Å². The summed E-state index contributed by atoms with van der Waals surface area (Å²) in [5, 5.41) is 4.51. The van der Waals surface area contributed by atoms with E-state index in [1.165, 1.54) is 50.7 Å². The lowest BCUT2D eigenvalue weighted by Crippen LogP contribution is -2.29. The minimum atomic E-state index is -2.98. The van der Waals surface area contributed by atoms with Crippen LogP contribution in [0.2, 0.25) is 0 Å². The first-order chi connectivity index (χ1) is 26.9. The molecule has 4 aromatic rings. The molecule has 0 aliphatic carbocycles. The molecule has 4 rings (SSSR count). The molecular weight excluding hydrogens is 707 g/mol. The molecule has 0 radical (unpaired) electrons. The number of nitrogens with one attached hydrogen (secondary N) is 2. The third kappa shape index (κ3) is 15.1. The molecule has 0 unspecified atom stereocenters. The maximum atomic E-state index is 14.4. The summed E-state index contributed by atoms with van der Waals surface area (Å²) in [4.78, 5) is 15.5. The molecule has 0 amide bonds. The van der Waals surface area contributed by atoms with E-state index >= 15 is 0 Å². The number of benzene rings is 3. The Morgan fingerprint density at radius 2 is 1.32 bits per heavy atom. The van der Waals surface area contributed by atoms with Gasteiger partial charge in [-0.1, -0.05) is 153 Å². The molecule has 0 fully saturated rings. The van der Waals surface area contributed by atoms with Crippen LogP contribution in [-0.2, 0) is 22.0 Å². The van der Waals surface area contributed by atoms with Crippen molar-refractivity contribution < 1.29 is 23.0 Å². The topological polar surface area (TPSA) is 72.6 Å². The van der Waals surface area contributed by atoms with E-state index in [4.69, 9.17) is 14.2 Å². The molecule has 0 aliphatic rings. The van der Waals surface area contributed by atoms with Gasteiger partial charge < -0.3 is 24.5 Å². The summed E-state index contributed by atoms with van der Waals surface area (Å²) in [6.45, 7) is 14.1. The lowest BCUT2D eigenvalue weighted by molar-refractivity contribution is -0.0831. The third-order valence-corrected chi connectivity index (χ3v) is 11.5. The van der Waals surface area contributed by atoms with Gasteiger partial charge in [0.1, 0.15) is 19.0 Å². The van der Waals surface area contributed by atoms with Gasteiger partial charge in [-0.2, -0.15) is 8.78 Å². The summed E-state index contributed by atoms with van der Waals surface area (Å²) in [5.74, 6) is -2.35. The fourth-order valence-electron chi connectivity index (χ4n) is 6.80. The monoisotopic (exact) mass is 775 g/mol. The summed E-state index contributed by atoms with van der Waals surface area (Å²) >= 11 is 0. The molecule has 6 nitrogen and oxygen atoms in total. The van der Waals surface area contributed by atoms with Crippen LogP contribution in [0, 0.1) is 10.8 Å². The molecular formula is C48H68F2N2O4. The first kappa shape index (κ1) is 45.1. The maximum Gasteiger partial charge on any atom is 0.296 e. The Morgan fingerprint density at radius 1 is 0.696 bits per heavy atom. The van der Waals surface area contributed by atoms with E-state index in [0.29, 0.717) is 48.5 Å². The average Bonchev–Trinajstić information content (AvgIpc) is 3.17. The van der Waals surface area contributed by atoms with Gasteiger partial charge in [-0.05, 0) is 66.3 Å². The van der Waals surface area contributed by atoms with Crippen molar-refractivity contribution in [3.8, 4) is 5.75 Å². The summed E-state index contributed by atoms with van der Waals surface area (Å²) in [6.07, 6.45) is 13.1. The van der Waals surface area contributed by atoms with E-state index in [1.807, 2.05) is 42.5 Å². The molecule has 3 aromatic carbocycles. The summed E-state index contributed by atoms with van der Waals surface area (Å²) in [6, 6.07) is 25.3. The molecule has 1 aromatic heterocycles. The van der Waals surface area contributed by atoms with Gasteiger partial charge in [0.25, 0.3) is 5.92 Å². The van der Waals surface area contributed by atoms with Gasteiger partial charge in [-0.15, -0.1) is 0 Å². The fraction of sp³-hybridized carbons (Fsp3) is 0.562. The van der Waals surface area contributed by atoms with Crippen molar-refractivity contribution in [2.24, 2.45) is 10.8 Å². The quantitative estimate of drug-likeness (QED) is 0.0590. The molecule has 0 spiro atoms. The summed E-state index contributed by atoms with van der Waals surface area (Å²) in [5.41, 5.74) is 3.23. The molecule has 308 valence electrons. The van der Waals surface area contributed by atoms with Crippen molar-refractivity contribution in [2.45, 2.75) is 130 Å². The number of pyridine rings is 1. The second kappa shape index (κ2) is 23.0. The summed E-state index contributed by atoms with van der Waals surface area (Å²) < 4.78 is 46.9. The lowest BCUT2D eigenvalue weighted by Gasteiger charge is -2.39. The van der Waals surface area contributed by atoms with Gasteiger partial charge in [0.2, 0.25) is 5.56 Å². The number of rotatable bonds is 27. The number of unbranched alkanes of at least 4 members (excludes halogenated alkanes) is 9. The zero-order valence-electron chi connectivity index (χ0n) is 34.8. The number of hydrogen-bond acceptors (Lipinski definition) is 5. The number of hydrogen-bond donors (Lipinski definition) is 2. The highest BCUT2D eigenvalue weighted by molar-refractivity contribution is 5.87. The van der Waals surface area contributed by atoms with Crippen molar-refractivity contribution in [2.75, 3.05) is 32.9 Å². The van der Waals surface area contributed by atoms with E-state index in [0.717, 1.165) is 61.6 Å². The van der Waals surface area contributed by atoms with Crippen LogP contribution in [-0.4, -0.2) is 37.9 Å². The Hall–Kier alpha value is -3.59. The van der Waals surface area contributed by atoms with Crippen LogP contribution in [0.15, 0.2) is 89.7 Å². The van der Waals surface area contributed by atoms with Crippen LogP contribution in [0.25, 0.3) is 10.9 Å².